The Bertz CT molecular complexity index is 1060. The molecule has 0 aromatic heterocycles. The SMILES string of the molecule is FC1CC(F)C(C2CCC(N(C3CCCCC3)C3CCC(C4CCCC5C6CCC7OC8CCCCC8C7C6OC45)CC3)CC2)C(F)C1. The third-order valence-electron chi connectivity index (χ3n) is 16.7. The Hall–Kier alpha value is -0.330. The van der Waals surface area contributed by atoms with E-state index in [-0.39, 0.29) is 18.8 Å². The van der Waals surface area contributed by atoms with Crippen LogP contribution in [0.4, 0.5) is 13.2 Å². The number of hydrogen-bond acceptors (Lipinski definition) is 3. The first-order valence-corrected chi connectivity index (χ1v) is 21.5. The number of nitrogens with zero attached hydrogens (tertiary/aromatic N) is 1. The van der Waals surface area contributed by atoms with E-state index in [1.807, 2.05) is 0 Å². The standard InChI is InChI=1S/C42H66F3NO2/c43-27-23-35(44)39(36(45)24-27)26-15-19-30(20-16-26)46(28-7-2-1-3-8-28)29-17-13-25(14-18-29)31-10-6-11-32-33-21-22-38-40(42(33)48-41(31)32)34-9-4-5-12-37(34)47-38/h25-42H,1-24H2. The molecule has 0 N–H and O–H groups in total. The molecule has 2 saturated heterocycles. The van der Waals surface area contributed by atoms with Crippen molar-refractivity contribution in [2.24, 2.45) is 47.3 Å². The fraction of sp³-hybridized carbons (Fsp3) is 1.00. The van der Waals surface area contributed by atoms with Crippen molar-refractivity contribution >= 4 is 0 Å². The summed E-state index contributed by atoms with van der Waals surface area (Å²) in [4.78, 5) is 3.01. The summed E-state index contributed by atoms with van der Waals surface area (Å²) in [6.45, 7) is 0. The zero-order valence-corrected chi connectivity index (χ0v) is 29.8. The van der Waals surface area contributed by atoms with Crippen LogP contribution in [0.15, 0.2) is 0 Å². The van der Waals surface area contributed by atoms with E-state index < -0.39 is 24.4 Å². The average Bonchev–Trinajstić information content (AvgIpc) is 3.68. The molecule has 48 heavy (non-hydrogen) atoms. The molecule has 2 aliphatic heterocycles. The van der Waals surface area contributed by atoms with Gasteiger partial charge in [-0.1, -0.05) is 38.5 Å². The molecule has 9 fully saturated rings. The molecule has 11 unspecified atom stereocenters. The quantitative estimate of drug-likeness (QED) is 0.290. The normalized spacial score (nSPS) is 53.1. The summed E-state index contributed by atoms with van der Waals surface area (Å²) in [6, 6.07) is 1.92. The molecule has 272 valence electrons. The third kappa shape index (κ3) is 6.16. The third-order valence-corrected chi connectivity index (χ3v) is 16.7. The van der Waals surface area contributed by atoms with E-state index in [0.717, 1.165) is 55.3 Å². The van der Waals surface area contributed by atoms with Crippen molar-refractivity contribution < 1.29 is 22.6 Å². The van der Waals surface area contributed by atoms with Crippen LogP contribution < -0.4 is 0 Å². The van der Waals surface area contributed by atoms with Crippen LogP contribution >= 0.6 is 0 Å². The smallest absolute Gasteiger partial charge is 0.109 e. The second-order valence-electron chi connectivity index (χ2n) is 18.9. The van der Waals surface area contributed by atoms with Gasteiger partial charge in [0.25, 0.3) is 0 Å². The zero-order valence-electron chi connectivity index (χ0n) is 29.8. The van der Waals surface area contributed by atoms with Gasteiger partial charge in [0.05, 0.1) is 24.4 Å². The van der Waals surface area contributed by atoms with Crippen LogP contribution in [0.2, 0.25) is 0 Å². The second kappa shape index (κ2) is 14.2. The molecule has 0 bridgehead atoms. The summed E-state index contributed by atoms with van der Waals surface area (Å²) >= 11 is 0. The van der Waals surface area contributed by atoms with Gasteiger partial charge in [-0.05, 0) is 138 Å². The van der Waals surface area contributed by atoms with E-state index in [2.05, 4.69) is 4.90 Å². The molecule has 2 heterocycles. The molecule has 6 heteroatoms. The Kier molecular flexibility index (Phi) is 9.94. The minimum absolute atomic E-state index is 0.0894. The van der Waals surface area contributed by atoms with Gasteiger partial charge in [-0.25, -0.2) is 13.2 Å². The van der Waals surface area contributed by atoms with Crippen molar-refractivity contribution in [1.82, 2.24) is 4.90 Å². The highest BCUT2D eigenvalue weighted by molar-refractivity contribution is 5.08. The van der Waals surface area contributed by atoms with E-state index in [9.17, 15) is 13.2 Å². The summed E-state index contributed by atoms with van der Waals surface area (Å²) < 4.78 is 57.9. The van der Waals surface area contributed by atoms with Gasteiger partial charge in [-0.2, -0.15) is 0 Å². The molecule has 7 saturated carbocycles. The lowest BCUT2D eigenvalue weighted by atomic mass is 9.62. The zero-order chi connectivity index (χ0) is 32.4. The Balaban J connectivity index is 0.849. The van der Waals surface area contributed by atoms with Crippen molar-refractivity contribution in [1.29, 1.82) is 0 Å². The van der Waals surface area contributed by atoms with Crippen molar-refractivity contribution in [2.75, 3.05) is 0 Å². The van der Waals surface area contributed by atoms with Gasteiger partial charge in [0, 0.05) is 42.8 Å². The van der Waals surface area contributed by atoms with Gasteiger partial charge in [0.2, 0.25) is 0 Å². The highest BCUT2D eigenvalue weighted by Gasteiger charge is 2.60. The Morgan fingerprint density at radius 3 is 1.71 bits per heavy atom. The molecule has 7 aliphatic carbocycles. The molecular formula is C42H66F3NO2. The van der Waals surface area contributed by atoms with Crippen LogP contribution in [0.25, 0.3) is 0 Å². The maximum Gasteiger partial charge on any atom is 0.109 e. The highest BCUT2D eigenvalue weighted by Crippen LogP contribution is 2.58. The Labute approximate surface area is 289 Å². The molecule has 0 amide bonds. The van der Waals surface area contributed by atoms with Gasteiger partial charge < -0.3 is 9.47 Å². The summed E-state index contributed by atoms with van der Waals surface area (Å²) in [5.41, 5.74) is 0. The van der Waals surface area contributed by atoms with E-state index >= 15 is 0 Å². The highest BCUT2D eigenvalue weighted by atomic mass is 19.2. The topological polar surface area (TPSA) is 21.7 Å². The number of hydrogen-bond donors (Lipinski definition) is 0. The lowest BCUT2D eigenvalue weighted by Crippen LogP contribution is -2.53. The molecule has 0 aromatic rings. The average molecular weight is 674 g/mol. The molecule has 11 atom stereocenters. The fourth-order valence-corrected chi connectivity index (χ4v) is 14.7. The molecule has 9 aliphatic rings. The molecule has 0 aromatic carbocycles. The van der Waals surface area contributed by atoms with Crippen LogP contribution in [0.1, 0.15) is 154 Å². The van der Waals surface area contributed by atoms with Gasteiger partial charge in [0.15, 0.2) is 0 Å². The first-order chi connectivity index (χ1) is 23.5. The van der Waals surface area contributed by atoms with Gasteiger partial charge in [-0.3, -0.25) is 4.90 Å². The number of ether oxygens (including phenoxy) is 2. The van der Waals surface area contributed by atoms with Crippen molar-refractivity contribution in [3.8, 4) is 0 Å². The molecule has 9 rings (SSSR count). The summed E-state index contributed by atoms with van der Waals surface area (Å²) in [5, 5.41) is 0. The van der Waals surface area contributed by atoms with Crippen LogP contribution in [0.3, 0.4) is 0 Å². The molecule has 0 radical (unpaired) electrons. The van der Waals surface area contributed by atoms with Crippen LogP contribution in [-0.2, 0) is 9.47 Å². The van der Waals surface area contributed by atoms with Gasteiger partial charge in [-0.15, -0.1) is 0 Å². The first-order valence-electron chi connectivity index (χ1n) is 21.5. The van der Waals surface area contributed by atoms with E-state index in [1.165, 1.54) is 116 Å². The maximum atomic E-state index is 14.9. The minimum atomic E-state index is -1.31. The van der Waals surface area contributed by atoms with Crippen LogP contribution in [0.5, 0.6) is 0 Å². The largest absolute Gasteiger partial charge is 0.374 e. The lowest BCUT2D eigenvalue weighted by Gasteiger charge is -2.51. The molecule has 3 nitrogen and oxygen atoms in total. The number of halogens is 3. The maximum absolute atomic E-state index is 14.9. The number of rotatable bonds is 5. The van der Waals surface area contributed by atoms with Gasteiger partial charge >= 0.3 is 0 Å². The van der Waals surface area contributed by atoms with E-state index in [4.69, 9.17) is 9.47 Å². The summed E-state index contributed by atoms with van der Waals surface area (Å²) in [5.74, 6) is 4.07. The number of fused-ring (bicyclic) bond motifs is 7. The van der Waals surface area contributed by atoms with Crippen molar-refractivity contribution in [3.05, 3.63) is 0 Å². The monoisotopic (exact) mass is 674 g/mol. The summed E-state index contributed by atoms with van der Waals surface area (Å²) in [7, 11) is 0. The van der Waals surface area contributed by atoms with E-state index in [1.54, 1.807) is 0 Å². The lowest BCUT2D eigenvalue weighted by molar-refractivity contribution is -0.0879. The van der Waals surface area contributed by atoms with Crippen LogP contribution in [-0.4, -0.2) is 66.0 Å². The van der Waals surface area contributed by atoms with Crippen molar-refractivity contribution in [2.45, 2.75) is 215 Å². The fourth-order valence-electron chi connectivity index (χ4n) is 14.7. The van der Waals surface area contributed by atoms with E-state index in [0.29, 0.717) is 48.5 Å². The van der Waals surface area contributed by atoms with Crippen molar-refractivity contribution in [3.63, 3.8) is 0 Å². The summed E-state index contributed by atoms with van der Waals surface area (Å²) in [6.07, 6.45) is 26.1. The van der Waals surface area contributed by atoms with Gasteiger partial charge in [0.1, 0.15) is 18.5 Å². The molecular weight excluding hydrogens is 607 g/mol. The minimum Gasteiger partial charge on any atom is -0.374 e. The first kappa shape index (κ1) is 33.5. The predicted octanol–water partition coefficient (Wildman–Crippen LogP) is 10.3. The number of alkyl halides is 3. The Morgan fingerprint density at radius 1 is 0.396 bits per heavy atom. The molecule has 0 spiro atoms. The van der Waals surface area contributed by atoms with Crippen LogP contribution in [0, 0.1) is 47.3 Å². The Morgan fingerprint density at radius 2 is 0.979 bits per heavy atom. The predicted molar refractivity (Wildman–Crippen MR) is 184 cm³/mol. The second-order valence-corrected chi connectivity index (χ2v) is 18.9.